The van der Waals surface area contributed by atoms with Gasteiger partial charge in [-0.25, -0.2) is 13.1 Å². The van der Waals surface area contributed by atoms with Gasteiger partial charge in [-0.2, -0.15) is 0 Å². The molecule has 1 saturated heterocycles. The van der Waals surface area contributed by atoms with E-state index >= 15 is 0 Å². The van der Waals surface area contributed by atoms with Crippen LogP contribution in [-0.4, -0.2) is 58.8 Å². The molecule has 0 bridgehead atoms. The van der Waals surface area contributed by atoms with Gasteiger partial charge in [0.1, 0.15) is 0 Å². The molecule has 1 rings (SSSR count). The Morgan fingerprint density at radius 1 is 1.39 bits per heavy atom. The van der Waals surface area contributed by atoms with Gasteiger partial charge >= 0.3 is 0 Å². The van der Waals surface area contributed by atoms with Crippen molar-refractivity contribution in [1.29, 1.82) is 0 Å². The molecular formula is C12H27N3O2S. The van der Waals surface area contributed by atoms with Gasteiger partial charge in [-0.3, -0.25) is 0 Å². The Balaban J connectivity index is 2.11. The average Bonchev–Trinajstić information content (AvgIpc) is 2.26. The maximum absolute atomic E-state index is 10.9. The second-order valence-corrected chi connectivity index (χ2v) is 7.26. The Morgan fingerprint density at radius 2 is 2.11 bits per heavy atom. The van der Waals surface area contributed by atoms with Crippen LogP contribution in [0.15, 0.2) is 0 Å². The van der Waals surface area contributed by atoms with Crippen molar-refractivity contribution in [3.05, 3.63) is 0 Å². The average molecular weight is 277 g/mol. The zero-order valence-corrected chi connectivity index (χ0v) is 12.6. The predicted octanol–water partition coefficient (Wildman–Crippen LogP) is 0.246. The minimum Gasteiger partial charge on any atom is -0.314 e. The smallest absolute Gasteiger partial charge is 0.208 e. The summed E-state index contributed by atoms with van der Waals surface area (Å²) in [5.41, 5.74) is 0. The van der Waals surface area contributed by atoms with Crippen LogP contribution in [0.4, 0.5) is 0 Å². The number of hydrogen-bond acceptors (Lipinski definition) is 4. The molecule has 1 aliphatic rings. The zero-order chi connectivity index (χ0) is 13.6. The summed E-state index contributed by atoms with van der Waals surface area (Å²) in [6.07, 6.45) is 4.60. The van der Waals surface area contributed by atoms with Crippen LogP contribution in [0.1, 0.15) is 26.2 Å². The summed E-state index contributed by atoms with van der Waals surface area (Å²) in [4.78, 5) is 2.39. The maximum atomic E-state index is 10.9. The highest BCUT2D eigenvalue weighted by Crippen LogP contribution is 2.18. The quantitative estimate of drug-likeness (QED) is 0.655. The van der Waals surface area contributed by atoms with E-state index in [2.05, 4.69) is 28.9 Å². The molecule has 108 valence electrons. The first kappa shape index (κ1) is 15.9. The zero-order valence-electron chi connectivity index (χ0n) is 11.8. The molecule has 0 radical (unpaired) electrons. The van der Waals surface area contributed by atoms with Gasteiger partial charge in [0.05, 0.1) is 6.26 Å². The van der Waals surface area contributed by atoms with Gasteiger partial charge in [-0.05, 0) is 52.2 Å². The molecule has 0 spiro atoms. The highest BCUT2D eigenvalue weighted by atomic mass is 32.2. The van der Waals surface area contributed by atoms with E-state index in [-0.39, 0.29) is 0 Å². The largest absolute Gasteiger partial charge is 0.314 e. The van der Waals surface area contributed by atoms with E-state index < -0.39 is 10.0 Å². The second kappa shape index (κ2) is 7.43. The van der Waals surface area contributed by atoms with E-state index in [1.165, 1.54) is 25.6 Å². The lowest BCUT2D eigenvalue weighted by Gasteiger charge is -2.34. The van der Waals surface area contributed by atoms with Gasteiger partial charge in [0, 0.05) is 19.1 Å². The third-order valence-electron chi connectivity index (χ3n) is 3.55. The maximum Gasteiger partial charge on any atom is 0.208 e. The van der Waals surface area contributed by atoms with Crippen molar-refractivity contribution < 1.29 is 8.42 Å². The van der Waals surface area contributed by atoms with Crippen molar-refractivity contribution >= 4 is 10.0 Å². The Bertz CT molecular complexity index is 332. The third kappa shape index (κ3) is 6.68. The van der Waals surface area contributed by atoms with Crippen molar-refractivity contribution in [2.45, 2.75) is 32.2 Å². The summed E-state index contributed by atoms with van der Waals surface area (Å²) < 4.78 is 24.3. The minimum absolute atomic E-state index is 0.506. The third-order valence-corrected chi connectivity index (χ3v) is 4.28. The van der Waals surface area contributed by atoms with Crippen LogP contribution in [0, 0.1) is 5.92 Å². The molecule has 1 heterocycles. The Morgan fingerprint density at radius 3 is 2.72 bits per heavy atom. The van der Waals surface area contributed by atoms with Crippen LogP contribution in [0.25, 0.3) is 0 Å². The number of piperidine rings is 1. The number of nitrogens with one attached hydrogen (secondary N) is 2. The summed E-state index contributed by atoms with van der Waals surface area (Å²) in [6.45, 7) is 5.98. The van der Waals surface area contributed by atoms with Gasteiger partial charge in [0.2, 0.25) is 10.0 Å². The topological polar surface area (TPSA) is 61.4 Å². The predicted molar refractivity (Wildman–Crippen MR) is 75.1 cm³/mol. The van der Waals surface area contributed by atoms with E-state index in [0.29, 0.717) is 18.5 Å². The Labute approximate surface area is 111 Å². The standard InChI is InChI=1S/C12H27N3O2S/c1-11(12-6-4-9-15(2)10-12)13-7-5-8-14-18(3,16)17/h11-14H,4-10H2,1-3H3. The lowest BCUT2D eigenvalue weighted by atomic mass is 9.92. The molecule has 2 unspecified atom stereocenters. The van der Waals surface area contributed by atoms with Crippen LogP contribution < -0.4 is 10.0 Å². The SMILES string of the molecule is CC(NCCCNS(C)(=O)=O)C1CCCN(C)C1. The molecule has 18 heavy (non-hydrogen) atoms. The van der Waals surface area contributed by atoms with Crippen molar-refractivity contribution in [1.82, 2.24) is 14.9 Å². The fraction of sp³-hybridized carbons (Fsp3) is 1.00. The number of sulfonamides is 1. The first-order valence-electron chi connectivity index (χ1n) is 6.75. The lowest BCUT2D eigenvalue weighted by Crippen LogP contribution is -2.43. The van der Waals surface area contributed by atoms with Crippen molar-refractivity contribution in [2.24, 2.45) is 5.92 Å². The van der Waals surface area contributed by atoms with Gasteiger partial charge < -0.3 is 10.2 Å². The summed E-state index contributed by atoms with van der Waals surface area (Å²) >= 11 is 0. The summed E-state index contributed by atoms with van der Waals surface area (Å²) in [6, 6.07) is 0.506. The Kier molecular flexibility index (Phi) is 6.55. The minimum atomic E-state index is -3.04. The monoisotopic (exact) mass is 277 g/mol. The normalized spacial score (nSPS) is 24.1. The highest BCUT2D eigenvalue weighted by Gasteiger charge is 2.21. The van der Waals surface area contributed by atoms with E-state index in [0.717, 1.165) is 19.5 Å². The Hall–Kier alpha value is -0.170. The highest BCUT2D eigenvalue weighted by molar-refractivity contribution is 7.88. The van der Waals surface area contributed by atoms with E-state index in [9.17, 15) is 8.42 Å². The fourth-order valence-corrected chi connectivity index (χ4v) is 2.97. The van der Waals surface area contributed by atoms with Crippen LogP contribution in [-0.2, 0) is 10.0 Å². The van der Waals surface area contributed by atoms with Crippen molar-refractivity contribution in [2.75, 3.05) is 39.5 Å². The van der Waals surface area contributed by atoms with Gasteiger partial charge in [0.15, 0.2) is 0 Å². The van der Waals surface area contributed by atoms with Crippen LogP contribution in [0.5, 0.6) is 0 Å². The van der Waals surface area contributed by atoms with Crippen LogP contribution >= 0.6 is 0 Å². The lowest BCUT2D eigenvalue weighted by molar-refractivity contribution is 0.179. The first-order chi connectivity index (χ1) is 8.38. The molecule has 0 amide bonds. The molecule has 1 aliphatic heterocycles. The first-order valence-corrected chi connectivity index (χ1v) is 8.64. The second-order valence-electron chi connectivity index (χ2n) is 5.43. The molecule has 0 aliphatic carbocycles. The van der Waals surface area contributed by atoms with E-state index in [1.807, 2.05) is 0 Å². The molecule has 6 heteroatoms. The van der Waals surface area contributed by atoms with Gasteiger partial charge in [-0.1, -0.05) is 0 Å². The van der Waals surface area contributed by atoms with E-state index in [1.54, 1.807) is 0 Å². The van der Waals surface area contributed by atoms with Gasteiger partial charge in [-0.15, -0.1) is 0 Å². The summed E-state index contributed by atoms with van der Waals surface area (Å²) in [5.74, 6) is 0.714. The molecule has 0 aromatic carbocycles. The number of likely N-dealkylation sites (tertiary alicyclic amines) is 1. The van der Waals surface area contributed by atoms with Crippen molar-refractivity contribution in [3.8, 4) is 0 Å². The molecule has 1 fully saturated rings. The fourth-order valence-electron chi connectivity index (χ4n) is 2.46. The molecule has 0 aromatic rings. The van der Waals surface area contributed by atoms with E-state index in [4.69, 9.17) is 0 Å². The molecule has 2 atom stereocenters. The summed E-state index contributed by atoms with van der Waals surface area (Å²) in [5, 5.41) is 3.50. The molecule has 0 aromatic heterocycles. The molecule has 0 saturated carbocycles. The van der Waals surface area contributed by atoms with Crippen LogP contribution in [0.3, 0.4) is 0 Å². The molecular weight excluding hydrogens is 250 g/mol. The number of rotatable bonds is 7. The molecule has 5 nitrogen and oxygen atoms in total. The molecule has 2 N–H and O–H groups in total. The number of nitrogens with zero attached hydrogens (tertiary/aromatic N) is 1. The summed E-state index contributed by atoms with van der Waals surface area (Å²) in [7, 11) is -0.862. The number of hydrogen-bond donors (Lipinski definition) is 2. The van der Waals surface area contributed by atoms with Crippen molar-refractivity contribution in [3.63, 3.8) is 0 Å². The van der Waals surface area contributed by atoms with Crippen LogP contribution in [0.2, 0.25) is 0 Å². The van der Waals surface area contributed by atoms with Gasteiger partial charge in [0.25, 0.3) is 0 Å².